The van der Waals surface area contributed by atoms with E-state index < -0.39 is 23.7 Å². The van der Waals surface area contributed by atoms with Crippen LogP contribution in [0.2, 0.25) is 0 Å². The fourth-order valence-corrected chi connectivity index (χ4v) is 8.61. The van der Waals surface area contributed by atoms with Crippen LogP contribution in [0.5, 0.6) is 0 Å². The molecule has 57 heavy (non-hydrogen) atoms. The Balaban J connectivity index is 2.20. The van der Waals surface area contributed by atoms with Gasteiger partial charge in [-0.1, -0.05) is 182 Å². The zero-order valence-electron chi connectivity index (χ0n) is 38.2. The minimum atomic E-state index is -0.806. The molecule has 0 radical (unpaired) electrons. The van der Waals surface area contributed by atoms with Crippen LogP contribution in [0.1, 0.15) is 227 Å². The first-order valence-corrected chi connectivity index (χ1v) is 24.6. The van der Waals surface area contributed by atoms with Gasteiger partial charge in [-0.3, -0.25) is 14.4 Å². The quantitative estimate of drug-likeness (QED) is 0.0355. The summed E-state index contributed by atoms with van der Waals surface area (Å²) in [6, 6.07) is 0. The van der Waals surface area contributed by atoms with E-state index in [2.05, 4.69) is 39.6 Å². The van der Waals surface area contributed by atoms with Gasteiger partial charge in [0.1, 0.15) is 12.7 Å². The number of rotatable bonds is 35. The van der Waals surface area contributed by atoms with Gasteiger partial charge in [-0.2, -0.15) is 0 Å². The summed E-state index contributed by atoms with van der Waals surface area (Å²) < 4.78 is 25.0. The predicted molar refractivity (Wildman–Crippen MR) is 234 cm³/mol. The number of hydrogen-bond acceptors (Lipinski definition) is 8. The monoisotopic (exact) mass is 806 g/mol. The van der Waals surface area contributed by atoms with Crippen molar-refractivity contribution < 1.29 is 33.3 Å². The standard InChI is InChI=1S/C49H91NO7/c1-7-11-15-19-23-27-31-41(32-28-24-20-16-12-8-2)46(51)56-44-40-54-43(39-55-48(53)49(5)35-37-50(6)38-36-49)45(44)57-47(52)42(33-29-25-21-17-13-9-3)34-30-26-22-18-14-10-4/h41-45H,7-40H2,1-6H3/t43-,44+,45+/m1/s1. The lowest BCUT2D eigenvalue weighted by molar-refractivity contribution is -0.175. The topological polar surface area (TPSA) is 91.4 Å². The minimum absolute atomic E-state index is 0.0191. The second kappa shape index (κ2) is 32.1. The third-order valence-electron chi connectivity index (χ3n) is 13.0. The van der Waals surface area contributed by atoms with E-state index in [1.807, 2.05) is 6.92 Å². The van der Waals surface area contributed by atoms with Crippen molar-refractivity contribution in [3.05, 3.63) is 0 Å². The highest BCUT2D eigenvalue weighted by molar-refractivity contribution is 5.76. The van der Waals surface area contributed by atoms with E-state index in [1.165, 1.54) is 103 Å². The molecule has 0 spiro atoms. The van der Waals surface area contributed by atoms with Gasteiger partial charge in [-0.25, -0.2) is 0 Å². The molecule has 0 aromatic rings. The zero-order chi connectivity index (χ0) is 41.6. The molecular formula is C49H91NO7. The summed E-state index contributed by atoms with van der Waals surface area (Å²) in [7, 11) is 2.08. The molecular weight excluding hydrogens is 715 g/mol. The van der Waals surface area contributed by atoms with Crippen LogP contribution in [-0.2, 0) is 33.3 Å². The average molecular weight is 806 g/mol. The third kappa shape index (κ3) is 21.9. The molecule has 2 fully saturated rings. The van der Waals surface area contributed by atoms with E-state index >= 15 is 0 Å². The minimum Gasteiger partial charge on any atom is -0.462 e. The molecule has 0 unspecified atom stereocenters. The Morgan fingerprint density at radius 1 is 0.579 bits per heavy atom. The highest BCUT2D eigenvalue weighted by Gasteiger charge is 2.46. The molecule has 2 aliphatic heterocycles. The summed E-state index contributed by atoms with van der Waals surface area (Å²) in [5.74, 6) is -1.02. The van der Waals surface area contributed by atoms with Crippen molar-refractivity contribution in [2.75, 3.05) is 33.4 Å². The number of piperidine rings is 1. The number of carbonyl (C=O) groups excluding carboxylic acids is 3. The fraction of sp³-hybridized carbons (Fsp3) is 0.939. The predicted octanol–water partition coefficient (Wildman–Crippen LogP) is 12.7. The summed E-state index contributed by atoms with van der Waals surface area (Å²) in [5.41, 5.74) is -0.553. The Morgan fingerprint density at radius 2 is 0.947 bits per heavy atom. The highest BCUT2D eigenvalue weighted by atomic mass is 16.6. The number of carbonyl (C=O) groups is 3. The van der Waals surface area contributed by atoms with Crippen molar-refractivity contribution in [2.45, 2.75) is 246 Å². The molecule has 2 aliphatic rings. The van der Waals surface area contributed by atoms with Gasteiger partial charge in [0.15, 0.2) is 12.2 Å². The maximum Gasteiger partial charge on any atom is 0.311 e. The molecule has 2 rings (SSSR count). The maximum atomic E-state index is 14.2. The summed E-state index contributed by atoms with van der Waals surface area (Å²) in [4.78, 5) is 43.9. The van der Waals surface area contributed by atoms with Gasteiger partial charge < -0.3 is 23.8 Å². The van der Waals surface area contributed by atoms with Crippen molar-refractivity contribution in [3.8, 4) is 0 Å². The maximum absolute atomic E-state index is 14.2. The molecule has 0 bridgehead atoms. The van der Waals surface area contributed by atoms with Gasteiger partial charge in [0.05, 0.1) is 23.9 Å². The first kappa shape index (κ1) is 51.5. The molecule has 0 N–H and O–H groups in total. The van der Waals surface area contributed by atoms with Gasteiger partial charge in [0, 0.05) is 0 Å². The van der Waals surface area contributed by atoms with Gasteiger partial charge in [-0.15, -0.1) is 0 Å². The zero-order valence-corrected chi connectivity index (χ0v) is 38.2. The van der Waals surface area contributed by atoms with E-state index in [0.717, 1.165) is 103 Å². The van der Waals surface area contributed by atoms with E-state index in [-0.39, 0.29) is 43.0 Å². The number of nitrogens with zero attached hydrogens (tertiary/aromatic N) is 1. The van der Waals surface area contributed by atoms with Gasteiger partial charge in [0.25, 0.3) is 0 Å². The summed E-state index contributed by atoms with van der Waals surface area (Å²) >= 11 is 0. The van der Waals surface area contributed by atoms with Crippen molar-refractivity contribution in [2.24, 2.45) is 17.3 Å². The summed E-state index contributed by atoms with van der Waals surface area (Å²) in [6.07, 6.45) is 30.8. The molecule has 0 amide bonds. The van der Waals surface area contributed by atoms with Gasteiger partial charge in [-0.05, 0) is 65.6 Å². The molecule has 0 aromatic heterocycles. The number of esters is 3. The van der Waals surface area contributed by atoms with E-state index in [1.54, 1.807) is 0 Å². The SMILES string of the molecule is CCCCCCCCC(CCCCCCCC)C(=O)O[C@@H]1[C@@H](OC(=O)C(CCCCCCCC)CCCCCCCC)CO[C@@H]1COC(=O)C1(C)CCN(C)CC1. The first-order valence-electron chi connectivity index (χ1n) is 24.6. The van der Waals surface area contributed by atoms with Gasteiger partial charge >= 0.3 is 17.9 Å². The van der Waals surface area contributed by atoms with E-state index in [4.69, 9.17) is 18.9 Å². The van der Waals surface area contributed by atoms with Crippen molar-refractivity contribution in [1.29, 1.82) is 0 Å². The smallest absolute Gasteiger partial charge is 0.311 e. The molecule has 0 aromatic carbocycles. The normalized spacial score (nSPS) is 19.7. The third-order valence-corrected chi connectivity index (χ3v) is 13.0. The van der Waals surface area contributed by atoms with Crippen LogP contribution in [-0.4, -0.2) is 74.5 Å². The Kier molecular flexibility index (Phi) is 29.0. The molecule has 8 heteroatoms. The highest BCUT2D eigenvalue weighted by Crippen LogP contribution is 2.33. The van der Waals surface area contributed by atoms with Crippen LogP contribution >= 0.6 is 0 Å². The van der Waals surface area contributed by atoms with Crippen molar-refractivity contribution in [1.82, 2.24) is 4.90 Å². The van der Waals surface area contributed by atoms with Crippen LogP contribution in [0.15, 0.2) is 0 Å². The second-order valence-corrected chi connectivity index (χ2v) is 18.3. The molecule has 0 aliphatic carbocycles. The molecule has 334 valence electrons. The molecule has 2 saturated heterocycles. The first-order chi connectivity index (χ1) is 27.7. The number of ether oxygens (including phenoxy) is 4. The molecule has 8 nitrogen and oxygen atoms in total. The van der Waals surface area contributed by atoms with Crippen LogP contribution < -0.4 is 0 Å². The Bertz CT molecular complexity index is 995. The lowest BCUT2D eigenvalue weighted by atomic mass is 9.80. The van der Waals surface area contributed by atoms with Crippen LogP contribution in [0.25, 0.3) is 0 Å². The molecule has 2 heterocycles. The Labute approximate surface area is 351 Å². The number of likely N-dealkylation sites (tertiary alicyclic amines) is 1. The molecule has 3 atom stereocenters. The molecule has 0 saturated carbocycles. The second-order valence-electron chi connectivity index (χ2n) is 18.3. The average Bonchev–Trinajstić information content (AvgIpc) is 3.58. The van der Waals surface area contributed by atoms with Crippen LogP contribution in [0.3, 0.4) is 0 Å². The number of hydrogen-bond donors (Lipinski definition) is 0. The Hall–Kier alpha value is -1.67. The Morgan fingerprint density at radius 3 is 1.35 bits per heavy atom. The van der Waals surface area contributed by atoms with Crippen molar-refractivity contribution in [3.63, 3.8) is 0 Å². The van der Waals surface area contributed by atoms with Crippen LogP contribution in [0.4, 0.5) is 0 Å². The van der Waals surface area contributed by atoms with E-state index in [9.17, 15) is 14.4 Å². The van der Waals surface area contributed by atoms with Crippen molar-refractivity contribution >= 4 is 17.9 Å². The lowest BCUT2D eigenvalue weighted by Crippen LogP contribution is -2.44. The van der Waals surface area contributed by atoms with E-state index in [0.29, 0.717) is 0 Å². The summed E-state index contributed by atoms with van der Waals surface area (Å²) in [5, 5.41) is 0. The number of unbranched alkanes of at least 4 members (excludes halogenated alkanes) is 20. The fourth-order valence-electron chi connectivity index (χ4n) is 8.61. The summed E-state index contributed by atoms with van der Waals surface area (Å²) in [6.45, 7) is 12.7. The van der Waals surface area contributed by atoms with Crippen LogP contribution in [0, 0.1) is 17.3 Å². The van der Waals surface area contributed by atoms with Gasteiger partial charge in [0.2, 0.25) is 0 Å². The largest absolute Gasteiger partial charge is 0.462 e. The lowest BCUT2D eigenvalue weighted by Gasteiger charge is -2.36.